The van der Waals surface area contributed by atoms with Gasteiger partial charge in [0.15, 0.2) is 0 Å². The Morgan fingerprint density at radius 1 is 1.19 bits per heavy atom. The number of benzene rings is 1. The Morgan fingerprint density at radius 3 is 2.33 bits per heavy atom. The van der Waals surface area contributed by atoms with Crippen LogP contribution in [0.15, 0.2) is 30.3 Å². The Labute approximate surface area is 124 Å². The number of hydrogen-bond donors (Lipinski definition) is 3. The minimum absolute atomic E-state index is 0.295. The third-order valence-corrected chi connectivity index (χ3v) is 3.37. The molecule has 6 nitrogen and oxygen atoms in total. The molecule has 0 saturated carbocycles. The largest absolute Gasteiger partial charge is 0.492 e. The Bertz CT molecular complexity index is 458. The molecule has 3 N–H and O–H groups in total. The molecule has 21 heavy (non-hydrogen) atoms. The average molecular weight is 294 g/mol. The van der Waals surface area contributed by atoms with Gasteiger partial charge in [-0.1, -0.05) is 32.0 Å². The Kier molecular flexibility index (Phi) is 6.52. The van der Waals surface area contributed by atoms with E-state index in [4.69, 9.17) is 4.74 Å². The molecule has 1 rings (SSSR count). The Morgan fingerprint density at radius 2 is 1.81 bits per heavy atom. The van der Waals surface area contributed by atoms with Gasteiger partial charge in [-0.2, -0.15) is 0 Å². The van der Waals surface area contributed by atoms with Gasteiger partial charge >= 0.3 is 12.0 Å². The minimum Gasteiger partial charge on any atom is -0.492 e. The predicted molar refractivity (Wildman–Crippen MR) is 79.4 cm³/mol. The summed E-state index contributed by atoms with van der Waals surface area (Å²) >= 11 is 0. The van der Waals surface area contributed by atoms with Gasteiger partial charge in [0.2, 0.25) is 0 Å². The maximum absolute atomic E-state index is 11.8. The molecule has 0 atom stereocenters. The summed E-state index contributed by atoms with van der Waals surface area (Å²) in [6.45, 7) is 4.08. The number of hydrogen-bond acceptors (Lipinski definition) is 3. The lowest BCUT2D eigenvalue weighted by Gasteiger charge is -2.28. The zero-order valence-corrected chi connectivity index (χ0v) is 12.4. The monoisotopic (exact) mass is 294 g/mol. The van der Waals surface area contributed by atoms with Gasteiger partial charge < -0.3 is 20.5 Å². The highest BCUT2D eigenvalue weighted by atomic mass is 16.5. The van der Waals surface area contributed by atoms with Gasteiger partial charge in [0.25, 0.3) is 0 Å². The van der Waals surface area contributed by atoms with Gasteiger partial charge in [0.1, 0.15) is 17.9 Å². The van der Waals surface area contributed by atoms with Crippen molar-refractivity contribution in [3.05, 3.63) is 30.3 Å². The number of carboxylic acids is 1. The standard InChI is InChI=1S/C15H22N2O4/c1-3-15(4-2,13(18)19)17-14(20)16-10-11-21-12-8-6-5-7-9-12/h5-9H,3-4,10-11H2,1-2H3,(H,18,19)(H2,16,17,20). The lowest BCUT2D eigenvalue weighted by atomic mass is 9.93. The van der Waals surface area contributed by atoms with E-state index in [2.05, 4.69) is 10.6 Å². The van der Waals surface area contributed by atoms with E-state index < -0.39 is 17.5 Å². The summed E-state index contributed by atoms with van der Waals surface area (Å²) in [6.07, 6.45) is 0.652. The SMILES string of the molecule is CCC(CC)(NC(=O)NCCOc1ccccc1)C(=O)O. The van der Waals surface area contributed by atoms with Crippen LogP contribution < -0.4 is 15.4 Å². The number of aliphatic carboxylic acids is 1. The number of urea groups is 1. The molecule has 0 bridgehead atoms. The summed E-state index contributed by atoms with van der Waals surface area (Å²) in [6, 6.07) is 8.75. The first kappa shape index (κ1) is 16.8. The topological polar surface area (TPSA) is 87.7 Å². The number of carbonyl (C=O) groups is 2. The number of carboxylic acid groups (broad SMARTS) is 1. The van der Waals surface area contributed by atoms with Crippen LogP contribution in [0.2, 0.25) is 0 Å². The average Bonchev–Trinajstić information content (AvgIpc) is 2.50. The fraction of sp³-hybridized carbons (Fsp3) is 0.467. The van der Waals surface area contributed by atoms with E-state index in [-0.39, 0.29) is 0 Å². The van der Waals surface area contributed by atoms with Crippen molar-refractivity contribution in [3.8, 4) is 5.75 Å². The van der Waals surface area contributed by atoms with Crippen molar-refractivity contribution in [2.75, 3.05) is 13.2 Å². The first-order valence-corrected chi connectivity index (χ1v) is 7.01. The first-order valence-electron chi connectivity index (χ1n) is 7.01. The Balaban J connectivity index is 2.35. The lowest BCUT2D eigenvalue weighted by Crippen LogP contribution is -2.56. The molecule has 1 aromatic carbocycles. The fourth-order valence-corrected chi connectivity index (χ4v) is 1.89. The van der Waals surface area contributed by atoms with Crippen molar-refractivity contribution >= 4 is 12.0 Å². The molecule has 0 fully saturated rings. The van der Waals surface area contributed by atoms with E-state index in [1.807, 2.05) is 30.3 Å². The molecule has 0 saturated heterocycles. The highest BCUT2D eigenvalue weighted by Crippen LogP contribution is 2.15. The van der Waals surface area contributed by atoms with Crippen molar-refractivity contribution in [3.63, 3.8) is 0 Å². The first-order chi connectivity index (χ1) is 10.0. The second kappa shape index (κ2) is 8.14. The van der Waals surface area contributed by atoms with Gasteiger partial charge in [-0.25, -0.2) is 9.59 Å². The van der Waals surface area contributed by atoms with E-state index in [1.54, 1.807) is 13.8 Å². The number of rotatable bonds is 8. The molecular formula is C15H22N2O4. The van der Waals surface area contributed by atoms with Crippen molar-refractivity contribution in [1.82, 2.24) is 10.6 Å². The maximum atomic E-state index is 11.8. The molecule has 0 aliphatic heterocycles. The Hall–Kier alpha value is -2.24. The third-order valence-electron chi connectivity index (χ3n) is 3.37. The molecule has 0 heterocycles. The summed E-state index contributed by atoms with van der Waals surface area (Å²) in [4.78, 5) is 23.0. The lowest BCUT2D eigenvalue weighted by molar-refractivity contribution is -0.144. The van der Waals surface area contributed by atoms with Crippen LogP contribution in [0.1, 0.15) is 26.7 Å². The van der Waals surface area contributed by atoms with Crippen LogP contribution in [-0.2, 0) is 4.79 Å². The molecule has 0 radical (unpaired) electrons. The highest BCUT2D eigenvalue weighted by molar-refractivity contribution is 5.86. The molecule has 1 aromatic rings. The summed E-state index contributed by atoms with van der Waals surface area (Å²) in [7, 11) is 0. The van der Waals surface area contributed by atoms with Gasteiger partial charge in [-0.15, -0.1) is 0 Å². The number of ether oxygens (including phenoxy) is 1. The molecule has 0 unspecified atom stereocenters. The van der Waals surface area contributed by atoms with Gasteiger partial charge in [-0.3, -0.25) is 0 Å². The quantitative estimate of drug-likeness (QED) is 0.640. The second-order valence-electron chi connectivity index (χ2n) is 4.64. The minimum atomic E-state index is -1.22. The highest BCUT2D eigenvalue weighted by Gasteiger charge is 2.36. The van der Waals surface area contributed by atoms with Crippen molar-refractivity contribution in [2.45, 2.75) is 32.2 Å². The molecular weight excluding hydrogens is 272 g/mol. The van der Waals surface area contributed by atoms with Crippen LogP contribution in [0.3, 0.4) is 0 Å². The van der Waals surface area contributed by atoms with Crippen molar-refractivity contribution in [2.24, 2.45) is 0 Å². The molecule has 0 aliphatic carbocycles. The number of para-hydroxylation sites is 1. The molecule has 116 valence electrons. The van der Waals surface area contributed by atoms with Crippen LogP contribution in [0.4, 0.5) is 4.79 Å². The zero-order valence-electron chi connectivity index (χ0n) is 12.4. The van der Waals surface area contributed by atoms with E-state index in [9.17, 15) is 14.7 Å². The third kappa shape index (κ3) is 4.98. The number of nitrogens with one attached hydrogen (secondary N) is 2. The van der Waals surface area contributed by atoms with E-state index in [1.165, 1.54) is 0 Å². The summed E-state index contributed by atoms with van der Waals surface area (Å²) < 4.78 is 5.43. The summed E-state index contributed by atoms with van der Waals surface area (Å²) in [5, 5.41) is 14.3. The van der Waals surface area contributed by atoms with Crippen LogP contribution in [0, 0.1) is 0 Å². The molecule has 2 amide bonds. The van der Waals surface area contributed by atoms with Crippen molar-refractivity contribution < 1.29 is 19.4 Å². The van der Waals surface area contributed by atoms with Crippen LogP contribution in [0.25, 0.3) is 0 Å². The molecule has 0 spiro atoms. The smallest absolute Gasteiger partial charge is 0.329 e. The second-order valence-corrected chi connectivity index (χ2v) is 4.64. The van der Waals surface area contributed by atoms with E-state index in [0.717, 1.165) is 5.75 Å². The van der Waals surface area contributed by atoms with E-state index >= 15 is 0 Å². The fourth-order valence-electron chi connectivity index (χ4n) is 1.89. The van der Waals surface area contributed by atoms with Crippen LogP contribution >= 0.6 is 0 Å². The van der Waals surface area contributed by atoms with Crippen molar-refractivity contribution in [1.29, 1.82) is 0 Å². The summed E-state index contributed by atoms with van der Waals surface area (Å²) in [5.41, 5.74) is -1.22. The van der Waals surface area contributed by atoms with Gasteiger partial charge in [0, 0.05) is 0 Å². The van der Waals surface area contributed by atoms with Crippen LogP contribution in [0.5, 0.6) is 5.75 Å². The van der Waals surface area contributed by atoms with Crippen LogP contribution in [-0.4, -0.2) is 35.8 Å². The maximum Gasteiger partial charge on any atom is 0.329 e. The number of amides is 2. The zero-order chi connectivity index (χ0) is 15.7. The van der Waals surface area contributed by atoms with E-state index in [0.29, 0.717) is 26.0 Å². The predicted octanol–water partition coefficient (Wildman–Crippen LogP) is 2.01. The summed E-state index contributed by atoms with van der Waals surface area (Å²) in [5.74, 6) is -0.301. The van der Waals surface area contributed by atoms with Gasteiger partial charge in [0.05, 0.1) is 6.54 Å². The number of carbonyl (C=O) groups excluding carboxylic acids is 1. The molecule has 0 aliphatic rings. The molecule has 6 heteroatoms. The molecule has 0 aromatic heterocycles. The normalized spacial score (nSPS) is 10.8. The van der Waals surface area contributed by atoms with Gasteiger partial charge in [-0.05, 0) is 25.0 Å².